The molecular weight excluding hydrogens is 276 g/mol. The monoisotopic (exact) mass is 298 g/mol. The number of amides is 1. The Morgan fingerprint density at radius 3 is 2.77 bits per heavy atom. The quantitative estimate of drug-likeness (QED) is 0.906. The molecule has 4 heteroatoms. The van der Waals surface area contributed by atoms with E-state index in [1.54, 1.807) is 6.07 Å². The van der Waals surface area contributed by atoms with Gasteiger partial charge < -0.3 is 10.3 Å². The summed E-state index contributed by atoms with van der Waals surface area (Å²) >= 11 is 0. The highest BCUT2D eigenvalue weighted by molar-refractivity contribution is 5.94. The maximum Gasteiger partial charge on any atom is 0.248 e. The molecule has 22 heavy (non-hydrogen) atoms. The van der Waals surface area contributed by atoms with Crippen molar-refractivity contribution in [3.05, 3.63) is 40.2 Å². The van der Waals surface area contributed by atoms with Gasteiger partial charge in [-0.05, 0) is 43.4 Å². The maximum absolute atomic E-state index is 12.2. The Labute approximate surface area is 129 Å². The van der Waals surface area contributed by atoms with Crippen LogP contribution in [-0.4, -0.2) is 10.9 Å². The predicted octanol–water partition coefficient (Wildman–Crippen LogP) is 3.75. The Hall–Kier alpha value is -2.10. The molecule has 1 fully saturated rings. The standard InChI is InChI=1S/C18H22N2O2/c1-12-9-17(21)20-16-11-14(7-8-15(12)16)19-18(22)10-13-5-3-2-4-6-13/h7-9,11,13H,2-6,10H2,1H3,(H,19,22)(H,20,21). The second kappa shape index (κ2) is 6.34. The van der Waals surface area contributed by atoms with Crippen LogP contribution in [0.5, 0.6) is 0 Å². The first-order valence-electron chi connectivity index (χ1n) is 8.05. The highest BCUT2D eigenvalue weighted by atomic mass is 16.1. The normalized spacial score (nSPS) is 15.9. The van der Waals surface area contributed by atoms with Crippen molar-refractivity contribution in [1.29, 1.82) is 0 Å². The number of fused-ring (bicyclic) bond motifs is 1. The zero-order valence-corrected chi connectivity index (χ0v) is 12.9. The zero-order chi connectivity index (χ0) is 15.5. The molecule has 0 unspecified atom stereocenters. The van der Waals surface area contributed by atoms with Gasteiger partial charge in [0.05, 0.1) is 5.52 Å². The Morgan fingerprint density at radius 2 is 2.00 bits per heavy atom. The van der Waals surface area contributed by atoms with Crippen LogP contribution < -0.4 is 10.9 Å². The third-order valence-corrected chi connectivity index (χ3v) is 4.53. The number of aromatic amines is 1. The molecule has 1 amide bonds. The molecule has 0 spiro atoms. The Kier molecular flexibility index (Phi) is 4.27. The van der Waals surface area contributed by atoms with Crippen molar-refractivity contribution < 1.29 is 4.79 Å². The first-order chi connectivity index (χ1) is 10.6. The van der Waals surface area contributed by atoms with E-state index in [1.807, 2.05) is 25.1 Å². The summed E-state index contributed by atoms with van der Waals surface area (Å²) in [4.78, 5) is 26.5. The second-order valence-electron chi connectivity index (χ2n) is 6.33. The molecule has 1 aliphatic carbocycles. The average Bonchev–Trinajstić information content (AvgIpc) is 2.47. The van der Waals surface area contributed by atoms with Crippen LogP contribution in [0.15, 0.2) is 29.1 Å². The number of hydrogen-bond donors (Lipinski definition) is 2. The highest BCUT2D eigenvalue weighted by Crippen LogP contribution is 2.27. The molecule has 0 atom stereocenters. The summed E-state index contributed by atoms with van der Waals surface area (Å²) in [7, 11) is 0. The molecule has 116 valence electrons. The van der Waals surface area contributed by atoms with Crippen molar-refractivity contribution in [2.24, 2.45) is 5.92 Å². The first-order valence-corrected chi connectivity index (χ1v) is 8.05. The predicted molar refractivity (Wildman–Crippen MR) is 89.1 cm³/mol. The van der Waals surface area contributed by atoms with E-state index in [4.69, 9.17) is 0 Å². The average molecular weight is 298 g/mol. The topological polar surface area (TPSA) is 62.0 Å². The number of pyridine rings is 1. The van der Waals surface area contributed by atoms with E-state index >= 15 is 0 Å². The lowest BCUT2D eigenvalue weighted by Gasteiger charge is -2.20. The molecule has 1 saturated carbocycles. The Balaban J connectivity index is 1.73. The lowest BCUT2D eigenvalue weighted by atomic mass is 9.87. The fraction of sp³-hybridized carbons (Fsp3) is 0.444. The summed E-state index contributed by atoms with van der Waals surface area (Å²) in [6, 6.07) is 7.26. The molecule has 1 aromatic carbocycles. The number of carbonyl (C=O) groups is 1. The van der Waals surface area contributed by atoms with E-state index in [1.165, 1.54) is 19.3 Å². The van der Waals surface area contributed by atoms with Crippen LogP contribution in [0.1, 0.15) is 44.1 Å². The molecule has 2 N–H and O–H groups in total. The van der Waals surface area contributed by atoms with Gasteiger partial charge in [0.15, 0.2) is 0 Å². The molecular formula is C18H22N2O2. The van der Waals surface area contributed by atoms with Crippen molar-refractivity contribution >= 4 is 22.5 Å². The number of aryl methyl sites for hydroxylation is 1. The molecule has 1 aromatic heterocycles. The smallest absolute Gasteiger partial charge is 0.248 e. The van der Waals surface area contributed by atoms with Crippen LogP contribution in [0.4, 0.5) is 5.69 Å². The van der Waals surface area contributed by atoms with Crippen LogP contribution >= 0.6 is 0 Å². The number of anilines is 1. The Morgan fingerprint density at radius 1 is 1.23 bits per heavy atom. The molecule has 2 aromatic rings. The molecule has 1 heterocycles. The minimum atomic E-state index is -0.115. The van der Waals surface area contributed by atoms with E-state index in [0.717, 1.165) is 35.0 Å². The summed E-state index contributed by atoms with van der Waals surface area (Å²) in [5.74, 6) is 0.595. The van der Waals surface area contributed by atoms with Gasteiger partial charge in [-0.25, -0.2) is 0 Å². The van der Waals surface area contributed by atoms with E-state index in [9.17, 15) is 9.59 Å². The molecule has 0 saturated heterocycles. The van der Waals surface area contributed by atoms with E-state index in [0.29, 0.717) is 12.3 Å². The van der Waals surface area contributed by atoms with Gasteiger partial charge in [-0.1, -0.05) is 25.3 Å². The van der Waals surface area contributed by atoms with Gasteiger partial charge in [-0.3, -0.25) is 9.59 Å². The minimum Gasteiger partial charge on any atom is -0.326 e. The molecule has 0 bridgehead atoms. The number of H-pyrrole nitrogens is 1. The van der Waals surface area contributed by atoms with Crippen LogP contribution in [0, 0.1) is 12.8 Å². The minimum absolute atomic E-state index is 0.0706. The van der Waals surface area contributed by atoms with Crippen molar-refractivity contribution in [1.82, 2.24) is 4.98 Å². The van der Waals surface area contributed by atoms with E-state index in [-0.39, 0.29) is 11.5 Å². The van der Waals surface area contributed by atoms with Gasteiger partial charge in [0.2, 0.25) is 11.5 Å². The van der Waals surface area contributed by atoms with E-state index in [2.05, 4.69) is 10.3 Å². The summed E-state index contributed by atoms with van der Waals surface area (Å²) in [6.07, 6.45) is 6.72. The number of aromatic nitrogens is 1. The largest absolute Gasteiger partial charge is 0.326 e. The Bertz CT molecular complexity index is 742. The summed E-state index contributed by atoms with van der Waals surface area (Å²) in [5.41, 5.74) is 2.34. The SMILES string of the molecule is Cc1cc(=O)[nH]c2cc(NC(=O)CC3CCCCC3)ccc12. The summed E-state index contributed by atoms with van der Waals surface area (Å²) in [5, 5.41) is 3.96. The van der Waals surface area contributed by atoms with Gasteiger partial charge in [-0.2, -0.15) is 0 Å². The number of hydrogen-bond acceptors (Lipinski definition) is 2. The van der Waals surface area contributed by atoms with Crippen LogP contribution in [0.2, 0.25) is 0 Å². The third kappa shape index (κ3) is 3.38. The third-order valence-electron chi connectivity index (χ3n) is 4.53. The fourth-order valence-electron chi connectivity index (χ4n) is 3.38. The maximum atomic E-state index is 12.2. The second-order valence-corrected chi connectivity index (χ2v) is 6.33. The van der Waals surface area contributed by atoms with Gasteiger partial charge in [0.25, 0.3) is 0 Å². The van der Waals surface area contributed by atoms with Gasteiger partial charge >= 0.3 is 0 Å². The van der Waals surface area contributed by atoms with Crippen LogP contribution in [0.3, 0.4) is 0 Å². The van der Waals surface area contributed by atoms with Crippen molar-refractivity contribution in [2.75, 3.05) is 5.32 Å². The number of carbonyl (C=O) groups excluding carboxylic acids is 1. The fourth-order valence-corrected chi connectivity index (χ4v) is 3.38. The lowest BCUT2D eigenvalue weighted by molar-refractivity contribution is -0.117. The van der Waals surface area contributed by atoms with Crippen molar-refractivity contribution in [3.63, 3.8) is 0 Å². The van der Waals surface area contributed by atoms with Gasteiger partial charge in [0.1, 0.15) is 0 Å². The number of benzene rings is 1. The summed E-state index contributed by atoms with van der Waals surface area (Å²) < 4.78 is 0. The molecule has 0 aliphatic heterocycles. The number of nitrogens with one attached hydrogen (secondary N) is 2. The number of rotatable bonds is 3. The zero-order valence-electron chi connectivity index (χ0n) is 12.9. The molecule has 4 nitrogen and oxygen atoms in total. The first kappa shape index (κ1) is 14.8. The van der Waals surface area contributed by atoms with Gasteiger partial charge in [0, 0.05) is 23.6 Å². The lowest BCUT2D eigenvalue weighted by Crippen LogP contribution is -2.18. The van der Waals surface area contributed by atoms with Crippen molar-refractivity contribution in [2.45, 2.75) is 45.4 Å². The molecule has 3 rings (SSSR count). The molecule has 0 radical (unpaired) electrons. The molecule has 1 aliphatic rings. The van der Waals surface area contributed by atoms with E-state index < -0.39 is 0 Å². The summed E-state index contributed by atoms with van der Waals surface area (Å²) in [6.45, 7) is 1.92. The van der Waals surface area contributed by atoms with Gasteiger partial charge in [-0.15, -0.1) is 0 Å². The van der Waals surface area contributed by atoms with Crippen molar-refractivity contribution in [3.8, 4) is 0 Å². The highest BCUT2D eigenvalue weighted by Gasteiger charge is 2.17. The van der Waals surface area contributed by atoms with Crippen LogP contribution in [0.25, 0.3) is 10.9 Å². The van der Waals surface area contributed by atoms with Crippen LogP contribution in [-0.2, 0) is 4.79 Å².